The lowest BCUT2D eigenvalue weighted by Crippen LogP contribution is -2.59. The van der Waals surface area contributed by atoms with Crippen LogP contribution >= 0.6 is 11.3 Å². The van der Waals surface area contributed by atoms with Gasteiger partial charge in [0.15, 0.2) is 16.9 Å². The molecule has 2 unspecified atom stereocenters. The van der Waals surface area contributed by atoms with E-state index in [1.54, 1.807) is 10.3 Å². The van der Waals surface area contributed by atoms with Gasteiger partial charge in [-0.15, -0.1) is 11.3 Å². The topological polar surface area (TPSA) is 113 Å². The fourth-order valence-electron chi connectivity index (χ4n) is 4.54. The number of amides is 1. The SMILES string of the molecule is Cc1cc(C(F)(F)F)nn1CC(=O)N1CCN(c2nc(C3=NOC(c4c(F)cccc4F)C3)cs2)CC1C(=O)O. The summed E-state index contributed by atoms with van der Waals surface area (Å²) in [4.78, 5) is 37.5. The number of hydrogen-bond donors (Lipinski definition) is 1. The van der Waals surface area contributed by atoms with Crippen LogP contribution in [0.4, 0.5) is 27.1 Å². The van der Waals surface area contributed by atoms with Crippen molar-refractivity contribution in [2.24, 2.45) is 5.16 Å². The average Bonchev–Trinajstić information content (AvgIpc) is 3.64. The first-order valence-corrected chi connectivity index (χ1v) is 12.8. The van der Waals surface area contributed by atoms with Gasteiger partial charge in [-0.3, -0.25) is 9.48 Å². The number of aliphatic carboxylic acids is 1. The molecule has 40 heavy (non-hydrogen) atoms. The van der Waals surface area contributed by atoms with Crippen molar-refractivity contribution in [2.75, 3.05) is 24.5 Å². The van der Waals surface area contributed by atoms with Crippen LogP contribution in [0.15, 0.2) is 34.8 Å². The molecule has 5 rings (SSSR count). The highest BCUT2D eigenvalue weighted by molar-refractivity contribution is 7.14. The van der Waals surface area contributed by atoms with E-state index >= 15 is 0 Å². The third-order valence-electron chi connectivity index (χ3n) is 6.59. The number of rotatable bonds is 6. The number of benzene rings is 1. The molecule has 2 aliphatic rings. The van der Waals surface area contributed by atoms with Crippen molar-refractivity contribution < 1.29 is 41.5 Å². The number of hydrogen-bond acceptors (Lipinski definition) is 8. The largest absolute Gasteiger partial charge is 0.480 e. The maximum atomic E-state index is 14.1. The summed E-state index contributed by atoms with van der Waals surface area (Å²) in [5, 5.41) is 19.3. The third-order valence-corrected chi connectivity index (χ3v) is 7.49. The van der Waals surface area contributed by atoms with E-state index in [9.17, 15) is 36.6 Å². The first kappa shape index (κ1) is 27.5. The fourth-order valence-corrected chi connectivity index (χ4v) is 5.41. The molecule has 2 aromatic heterocycles. The third kappa shape index (κ3) is 5.35. The van der Waals surface area contributed by atoms with Crippen LogP contribution in [0.3, 0.4) is 0 Å². The van der Waals surface area contributed by atoms with E-state index in [-0.39, 0.29) is 37.3 Å². The number of aryl methyl sites for hydroxylation is 1. The van der Waals surface area contributed by atoms with Gasteiger partial charge in [-0.1, -0.05) is 11.2 Å². The molecule has 1 amide bonds. The molecule has 4 heterocycles. The molecule has 0 saturated carbocycles. The highest BCUT2D eigenvalue weighted by Crippen LogP contribution is 2.34. The van der Waals surface area contributed by atoms with Crippen LogP contribution in [0.1, 0.15) is 35.2 Å². The average molecular weight is 585 g/mol. The Bertz CT molecular complexity index is 1470. The van der Waals surface area contributed by atoms with Crippen molar-refractivity contribution in [1.82, 2.24) is 19.7 Å². The molecule has 2 aliphatic heterocycles. The van der Waals surface area contributed by atoms with Gasteiger partial charge in [0, 0.05) is 30.6 Å². The summed E-state index contributed by atoms with van der Waals surface area (Å²) < 4.78 is 68.1. The Balaban J connectivity index is 1.25. The number of carboxylic acid groups (broad SMARTS) is 1. The van der Waals surface area contributed by atoms with Crippen molar-refractivity contribution in [3.8, 4) is 0 Å². The van der Waals surface area contributed by atoms with E-state index in [4.69, 9.17) is 4.84 Å². The molecule has 3 aromatic rings. The zero-order valence-corrected chi connectivity index (χ0v) is 21.5. The second-order valence-corrected chi connectivity index (χ2v) is 10.0. The Kier molecular flexibility index (Phi) is 7.20. The van der Waals surface area contributed by atoms with Gasteiger partial charge in [-0.05, 0) is 25.1 Å². The number of carbonyl (C=O) groups excluding carboxylic acids is 1. The van der Waals surface area contributed by atoms with E-state index < -0.39 is 54.1 Å². The molecule has 1 N–H and O–H groups in total. The lowest BCUT2D eigenvalue weighted by molar-refractivity contribution is -0.151. The molecule has 16 heteroatoms. The maximum absolute atomic E-state index is 14.1. The minimum atomic E-state index is -4.67. The minimum Gasteiger partial charge on any atom is -0.480 e. The van der Waals surface area contributed by atoms with Crippen LogP contribution in [0.2, 0.25) is 0 Å². The molecule has 0 bridgehead atoms. The van der Waals surface area contributed by atoms with Gasteiger partial charge in [-0.2, -0.15) is 18.3 Å². The molecule has 0 radical (unpaired) electrons. The van der Waals surface area contributed by atoms with Crippen LogP contribution in [0.5, 0.6) is 0 Å². The molecule has 0 spiro atoms. The second kappa shape index (κ2) is 10.5. The number of carboxylic acids is 1. The Morgan fingerprint density at radius 1 is 1.20 bits per heavy atom. The Morgan fingerprint density at radius 2 is 1.93 bits per heavy atom. The van der Waals surface area contributed by atoms with Crippen molar-refractivity contribution in [1.29, 1.82) is 0 Å². The number of carbonyl (C=O) groups is 2. The van der Waals surface area contributed by atoms with E-state index in [0.717, 1.165) is 27.8 Å². The summed E-state index contributed by atoms with van der Waals surface area (Å²) >= 11 is 1.19. The van der Waals surface area contributed by atoms with Gasteiger partial charge in [0.1, 0.15) is 35.6 Å². The zero-order chi connectivity index (χ0) is 28.8. The number of oxime groups is 1. The van der Waals surface area contributed by atoms with E-state index in [1.807, 2.05) is 0 Å². The summed E-state index contributed by atoms with van der Waals surface area (Å²) in [6.45, 7) is 0.899. The first-order valence-electron chi connectivity index (χ1n) is 11.9. The van der Waals surface area contributed by atoms with Crippen molar-refractivity contribution in [2.45, 2.75) is 38.2 Å². The molecule has 0 aliphatic carbocycles. The number of aromatic nitrogens is 3. The standard InChI is InChI=1S/C24H21F5N6O4S/c1-12-7-19(24(27,28)29)31-35(12)10-20(36)34-6-5-33(9-17(34)22(37)38)23-30-16(11-40-23)15-8-18(39-32-15)21-13(25)3-2-4-14(21)26/h2-4,7,11,17-18H,5-6,8-10H2,1H3,(H,37,38). The molecule has 1 fully saturated rings. The predicted octanol–water partition coefficient (Wildman–Crippen LogP) is 3.61. The molecular weight excluding hydrogens is 563 g/mol. The number of thiazole rings is 1. The maximum Gasteiger partial charge on any atom is 0.435 e. The van der Waals surface area contributed by atoms with Gasteiger partial charge >= 0.3 is 12.1 Å². The van der Waals surface area contributed by atoms with E-state index in [1.165, 1.54) is 24.3 Å². The summed E-state index contributed by atoms with van der Waals surface area (Å²) in [6.07, 6.45) is -5.56. The Morgan fingerprint density at radius 3 is 2.58 bits per heavy atom. The van der Waals surface area contributed by atoms with Gasteiger partial charge in [-0.25, -0.2) is 18.6 Å². The molecular formula is C24H21F5N6O4S. The number of piperazine rings is 1. The quantitative estimate of drug-likeness (QED) is 0.441. The van der Waals surface area contributed by atoms with Crippen molar-refractivity contribution in [3.63, 3.8) is 0 Å². The first-order chi connectivity index (χ1) is 18.9. The van der Waals surface area contributed by atoms with Crippen LogP contribution < -0.4 is 4.90 Å². The summed E-state index contributed by atoms with van der Waals surface area (Å²) in [6, 6.07) is 3.03. The Hall–Kier alpha value is -4.08. The zero-order valence-electron chi connectivity index (χ0n) is 20.7. The van der Waals surface area contributed by atoms with Crippen LogP contribution in [0.25, 0.3) is 0 Å². The lowest BCUT2D eigenvalue weighted by atomic mass is 10.0. The Labute approximate surface area is 227 Å². The number of halogens is 5. The van der Waals surface area contributed by atoms with E-state index in [2.05, 4.69) is 15.2 Å². The van der Waals surface area contributed by atoms with Crippen LogP contribution in [-0.4, -0.2) is 68.0 Å². The number of anilines is 1. The predicted molar refractivity (Wildman–Crippen MR) is 131 cm³/mol. The van der Waals surface area contributed by atoms with Crippen molar-refractivity contribution >= 4 is 34.1 Å². The highest BCUT2D eigenvalue weighted by atomic mass is 32.1. The molecule has 2 atom stereocenters. The highest BCUT2D eigenvalue weighted by Gasteiger charge is 2.38. The van der Waals surface area contributed by atoms with Gasteiger partial charge in [0.05, 0.1) is 12.1 Å². The second-order valence-electron chi connectivity index (χ2n) is 9.20. The smallest absolute Gasteiger partial charge is 0.435 e. The van der Waals surface area contributed by atoms with E-state index in [0.29, 0.717) is 16.5 Å². The minimum absolute atomic E-state index is 0.0180. The van der Waals surface area contributed by atoms with Gasteiger partial charge in [0.2, 0.25) is 5.91 Å². The molecule has 10 nitrogen and oxygen atoms in total. The summed E-state index contributed by atoms with van der Waals surface area (Å²) in [7, 11) is 0. The summed E-state index contributed by atoms with van der Waals surface area (Å²) in [5.74, 6) is -3.48. The van der Waals surface area contributed by atoms with Crippen molar-refractivity contribution in [3.05, 3.63) is 63.9 Å². The number of alkyl halides is 3. The lowest BCUT2D eigenvalue weighted by Gasteiger charge is -2.39. The van der Waals surface area contributed by atoms with Crippen LogP contribution in [0, 0.1) is 18.6 Å². The fraction of sp³-hybridized carbons (Fsp3) is 0.375. The normalized spacial score (nSPS) is 19.5. The monoisotopic (exact) mass is 584 g/mol. The molecule has 212 valence electrons. The van der Waals surface area contributed by atoms with Crippen LogP contribution in [-0.2, 0) is 27.1 Å². The number of nitrogens with zero attached hydrogens (tertiary/aromatic N) is 6. The summed E-state index contributed by atoms with van der Waals surface area (Å²) in [5.41, 5.74) is -0.493. The molecule has 1 saturated heterocycles. The molecule has 1 aromatic carbocycles. The van der Waals surface area contributed by atoms with Gasteiger partial charge < -0.3 is 19.7 Å². The van der Waals surface area contributed by atoms with Gasteiger partial charge in [0.25, 0.3) is 0 Å².